The number of halogens is 2. The first-order chi connectivity index (χ1) is 10.5. The first kappa shape index (κ1) is 18.7. The van der Waals surface area contributed by atoms with Crippen molar-refractivity contribution in [3.63, 3.8) is 0 Å². The Kier molecular flexibility index (Phi) is 8.18. The van der Waals surface area contributed by atoms with Crippen molar-refractivity contribution in [2.24, 2.45) is 0 Å². The second-order valence-corrected chi connectivity index (χ2v) is 5.34. The normalized spacial score (nSPS) is 11.6. The van der Waals surface area contributed by atoms with E-state index in [-0.39, 0.29) is 41.9 Å². The Morgan fingerprint density at radius 2 is 1.73 bits per heavy atom. The van der Waals surface area contributed by atoms with Gasteiger partial charge in [-0.15, -0.1) is 23.2 Å². The van der Waals surface area contributed by atoms with Gasteiger partial charge in [0.05, 0.1) is 5.69 Å². The standard InChI is InChI=1S/C12H14Cl2N2O5S/c13-5-3-11(17)15-8-1-2-10(21-22(19)20)9(7-8)16-12(18)4-6-14/h1-2,7H,3-6H2,(H,15,17)(H,16,18)(H,19,20). The van der Waals surface area contributed by atoms with Crippen molar-refractivity contribution in [1.82, 2.24) is 0 Å². The molecule has 0 bridgehead atoms. The average Bonchev–Trinajstić information content (AvgIpc) is 2.41. The molecule has 0 fully saturated rings. The molecular formula is C12H14Cl2N2O5S. The van der Waals surface area contributed by atoms with E-state index in [0.717, 1.165) is 0 Å². The highest BCUT2D eigenvalue weighted by molar-refractivity contribution is 7.74. The van der Waals surface area contributed by atoms with Crippen LogP contribution in [0.2, 0.25) is 0 Å². The Morgan fingerprint density at radius 1 is 1.14 bits per heavy atom. The van der Waals surface area contributed by atoms with Crippen molar-refractivity contribution < 1.29 is 22.5 Å². The van der Waals surface area contributed by atoms with Crippen molar-refractivity contribution >= 4 is 57.8 Å². The lowest BCUT2D eigenvalue weighted by Crippen LogP contribution is -2.15. The van der Waals surface area contributed by atoms with Gasteiger partial charge in [0.15, 0.2) is 5.75 Å². The van der Waals surface area contributed by atoms with Crippen LogP contribution in [0.3, 0.4) is 0 Å². The molecule has 0 saturated heterocycles. The monoisotopic (exact) mass is 368 g/mol. The Bertz CT molecular complexity index is 570. The molecule has 122 valence electrons. The minimum absolute atomic E-state index is 0.0147. The number of benzene rings is 1. The van der Waals surface area contributed by atoms with Crippen LogP contribution in [0.5, 0.6) is 5.75 Å². The number of anilines is 2. The van der Waals surface area contributed by atoms with Crippen molar-refractivity contribution in [2.75, 3.05) is 22.4 Å². The maximum Gasteiger partial charge on any atom is 0.357 e. The molecule has 10 heteroatoms. The van der Waals surface area contributed by atoms with E-state index < -0.39 is 17.3 Å². The molecular weight excluding hydrogens is 355 g/mol. The molecule has 0 aliphatic heterocycles. The molecule has 0 aliphatic carbocycles. The van der Waals surface area contributed by atoms with Gasteiger partial charge in [-0.1, -0.05) is 0 Å². The van der Waals surface area contributed by atoms with E-state index in [1.165, 1.54) is 18.2 Å². The molecule has 1 atom stereocenters. The first-order valence-corrected chi connectivity index (χ1v) is 8.21. The molecule has 0 saturated carbocycles. The topological polar surface area (TPSA) is 105 Å². The SMILES string of the molecule is O=C(CCCl)Nc1ccc(OS(=O)O)c(NC(=O)CCCl)c1. The summed E-state index contributed by atoms with van der Waals surface area (Å²) in [6, 6.07) is 4.22. The number of alkyl halides is 2. The highest BCUT2D eigenvalue weighted by Gasteiger charge is 2.12. The molecule has 0 heterocycles. The van der Waals surface area contributed by atoms with E-state index in [4.69, 9.17) is 27.8 Å². The van der Waals surface area contributed by atoms with Gasteiger partial charge in [-0.2, -0.15) is 4.21 Å². The summed E-state index contributed by atoms with van der Waals surface area (Å²) in [4.78, 5) is 23.1. The zero-order chi connectivity index (χ0) is 16.5. The number of carbonyl (C=O) groups is 2. The number of hydrogen-bond donors (Lipinski definition) is 3. The van der Waals surface area contributed by atoms with Crippen LogP contribution < -0.4 is 14.8 Å². The zero-order valence-corrected chi connectivity index (χ0v) is 13.6. The van der Waals surface area contributed by atoms with Gasteiger partial charge in [0.2, 0.25) is 11.8 Å². The third-order valence-corrected chi connectivity index (χ3v) is 3.04. The molecule has 1 unspecified atom stereocenters. The van der Waals surface area contributed by atoms with Crippen molar-refractivity contribution in [1.29, 1.82) is 0 Å². The molecule has 7 nitrogen and oxygen atoms in total. The highest BCUT2D eigenvalue weighted by Crippen LogP contribution is 2.29. The lowest BCUT2D eigenvalue weighted by Gasteiger charge is -2.12. The summed E-state index contributed by atoms with van der Waals surface area (Å²) in [5, 5.41) is 5.07. The maximum absolute atomic E-state index is 11.6. The van der Waals surface area contributed by atoms with Gasteiger partial charge >= 0.3 is 11.4 Å². The van der Waals surface area contributed by atoms with Crippen LogP contribution in [0.15, 0.2) is 18.2 Å². The molecule has 0 aromatic heterocycles. The third kappa shape index (κ3) is 6.61. The largest absolute Gasteiger partial charge is 0.378 e. The van der Waals surface area contributed by atoms with Crippen LogP contribution in [0.1, 0.15) is 12.8 Å². The predicted molar refractivity (Wildman–Crippen MR) is 85.8 cm³/mol. The van der Waals surface area contributed by atoms with Gasteiger partial charge in [-0.3, -0.25) is 14.1 Å². The van der Waals surface area contributed by atoms with Gasteiger partial charge in [0.25, 0.3) is 0 Å². The molecule has 2 amide bonds. The second kappa shape index (κ2) is 9.62. The minimum atomic E-state index is -2.55. The molecule has 22 heavy (non-hydrogen) atoms. The highest BCUT2D eigenvalue weighted by atomic mass is 35.5. The predicted octanol–water partition coefficient (Wildman–Crippen LogP) is 2.34. The molecule has 0 aliphatic rings. The molecule has 0 spiro atoms. The van der Waals surface area contributed by atoms with E-state index >= 15 is 0 Å². The van der Waals surface area contributed by atoms with Gasteiger partial charge in [-0.05, 0) is 18.2 Å². The molecule has 1 aromatic rings. The van der Waals surface area contributed by atoms with E-state index in [0.29, 0.717) is 5.69 Å². The van der Waals surface area contributed by atoms with E-state index in [2.05, 4.69) is 14.8 Å². The summed E-state index contributed by atoms with van der Waals surface area (Å²) in [6.07, 6.45) is 0.195. The summed E-state index contributed by atoms with van der Waals surface area (Å²) in [5.74, 6) is -0.407. The fourth-order valence-electron chi connectivity index (χ4n) is 1.46. The van der Waals surface area contributed by atoms with E-state index in [9.17, 15) is 13.8 Å². The van der Waals surface area contributed by atoms with Crippen LogP contribution in [0, 0.1) is 0 Å². The minimum Gasteiger partial charge on any atom is -0.378 e. The molecule has 1 rings (SSSR count). The quantitative estimate of drug-likeness (QED) is 0.482. The summed E-state index contributed by atoms with van der Waals surface area (Å²) in [5.41, 5.74) is 0.522. The van der Waals surface area contributed by atoms with Gasteiger partial charge in [-0.25, -0.2) is 0 Å². The Hall–Kier alpha value is -1.35. The lowest BCUT2D eigenvalue weighted by atomic mass is 10.2. The first-order valence-electron chi connectivity index (χ1n) is 6.11. The van der Waals surface area contributed by atoms with Gasteiger partial charge in [0, 0.05) is 30.3 Å². The Balaban J connectivity index is 2.96. The Labute approximate surface area is 139 Å². The van der Waals surface area contributed by atoms with Crippen LogP contribution >= 0.6 is 23.2 Å². The van der Waals surface area contributed by atoms with E-state index in [1.807, 2.05) is 0 Å². The second-order valence-electron chi connectivity index (χ2n) is 3.99. The summed E-state index contributed by atoms with van der Waals surface area (Å²) in [7, 11) is 0. The molecule has 1 aromatic carbocycles. The number of amides is 2. The van der Waals surface area contributed by atoms with Gasteiger partial charge in [0.1, 0.15) is 0 Å². The fourth-order valence-corrected chi connectivity index (χ4v) is 2.10. The maximum atomic E-state index is 11.6. The third-order valence-electron chi connectivity index (χ3n) is 2.34. The van der Waals surface area contributed by atoms with Crippen molar-refractivity contribution in [2.45, 2.75) is 12.8 Å². The van der Waals surface area contributed by atoms with Crippen molar-refractivity contribution in [3.8, 4) is 5.75 Å². The fraction of sp³-hybridized carbons (Fsp3) is 0.333. The zero-order valence-electron chi connectivity index (χ0n) is 11.3. The Morgan fingerprint density at radius 3 is 2.27 bits per heavy atom. The van der Waals surface area contributed by atoms with Crippen LogP contribution in [0.4, 0.5) is 11.4 Å². The average molecular weight is 369 g/mol. The lowest BCUT2D eigenvalue weighted by molar-refractivity contribution is -0.116. The summed E-state index contributed by atoms with van der Waals surface area (Å²) in [6.45, 7) is 0. The van der Waals surface area contributed by atoms with Gasteiger partial charge < -0.3 is 14.8 Å². The molecule has 3 N–H and O–H groups in total. The number of rotatable bonds is 8. The number of nitrogens with one attached hydrogen (secondary N) is 2. The number of hydrogen-bond acceptors (Lipinski definition) is 4. The summed E-state index contributed by atoms with van der Waals surface area (Å²) < 4.78 is 24.2. The smallest absolute Gasteiger partial charge is 0.357 e. The number of carbonyl (C=O) groups excluding carboxylic acids is 2. The van der Waals surface area contributed by atoms with E-state index in [1.54, 1.807) is 0 Å². The van der Waals surface area contributed by atoms with Crippen LogP contribution in [0.25, 0.3) is 0 Å². The summed E-state index contributed by atoms with van der Waals surface area (Å²) >= 11 is 8.39. The molecule has 0 radical (unpaired) electrons. The van der Waals surface area contributed by atoms with Crippen molar-refractivity contribution in [3.05, 3.63) is 18.2 Å². The van der Waals surface area contributed by atoms with Crippen LogP contribution in [-0.2, 0) is 21.0 Å². The van der Waals surface area contributed by atoms with Crippen LogP contribution in [-0.4, -0.2) is 32.3 Å².